The molecular formula is C15H36N2O6Si2. The van der Waals surface area contributed by atoms with Gasteiger partial charge in [-0.25, -0.2) is 0 Å². The predicted molar refractivity (Wildman–Crippen MR) is 102 cm³/mol. The topological polar surface area (TPSA) is 84.6 Å². The number of nitrogens with two attached hydrogens (primary N) is 1. The molecule has 0 aliphatic rings. The highest BCUT2D eigenvalue weighted by atomic mass is 28.4. The molecule has 0 atom stereocenters. The van der Waals surface area contributed by atoms with Crippen LogP contribution in [0.25, 0.3) is 0 Å². The fourth-order valence-corrected chi connectivity index (χ4v) is 6.04. The van der Waals surface area contributed by atoms with Gasteiger partial charge in [0.1, 0.15) is 0 Å². The van der Waals surface area contributed by atoms with Gasteiger partial charge in [-0.15, -0.1) is 0 Å². The molecule has 150 valence electrons. The van der Waals surface area contributed by atoms with Crippen LogP contribution in [0.3, 0.4) is 0 Å². The van der Waals surface area contributed by atoms with E-state index in [1.807, 2.05) is 13.0 Å². The minimum atomic E-state index is -2.55. The van der Waals surface area contributed by atoms with E-state index >= 15 is 0 Å². The molecule has 0 aromatic heterocycles. The third-order valence-electron chi connectivity index (χ3n) is 4.35. The molecule has 8 nitrogen and oxygen atoms in total. The van der Waals surface area contributed by atoms with Gasteiger partial charge in [0.05, 0.1) is 5.82 Å². The molecule has 0 aromatic carbocycles. The predicted octanol–water partition coefficient (Wildman–Crippen LogP) is 1.64. The summed E-state index contributed by atoms with van der Waals surface area (Å²) in [5.41, 5.74) is 6.13. The summed E-state index contributed by atoms with van der Waals surface area (Å²) >= 11 is 0. The Bertz CT molecular complexity index is 337. The molecular weight excluding hydrogens is 360 g/mol. The van der Waals surface area contributed by atoms with Gasteiger partial charge in [0.2, 0.25) is 0 Å². The Hall–Kier alpha value is -0.466. The van der Waals surface area contributed by atoms with Crippen LogP contribution >= 0.6 is 0 Å². The summed E-state index contributed by atoms with van der Waals surface area (Å²) in [5.74, 6) is 0.749. The lowest BCUT2D eigenvalue weighted by molar-refractivity contribution is 0.120. The Balaban J connectivity index is 4.63. The highest BCUT2D eigenvalue weighted by Crippen LogP contribution is 2.18. The number of hydrogen-bond donors (Lipinski definition) is 1. The molecule has 0 amide bonds. The Morgan fingerprint density at radius 2 is 1.08 bits per heavy atom. The van der Waals surface area contributed by atoms with Crippen molar-refractivity contribution in [3.63, 3.8) is 0 Å². The van der Waals surface area contributed by atoms with Crippen LogP contribution in [-0.4, -0.2) is 78.3 Å². The fourth-order valence-electron chi connectivity index (χ4n) is 2.64. The van der Waals surface area contributed by atoms with Crippen LogP contribution in [0.5, 0.6) is 0 Å². The van der Waals surface area contributed by atoms with Gasteiger partial charge in [-0.1, -0.05) is 0 Å². The van der Waals surface area contributed by atoms with Crippen molar-refractivity contribution in [3.05, 3.63) is 11.9 Å². The average molecular weight is 397 g/mol. The molecule has 0 fully saturated rings. The van der Waals surface area contributed by atoms with E-state index in [0.717, 1.165) is 43.8 Å². The quantitative estimate of drug-likeness (QED) is 0.418. The Morgan fingerprint density at radius 3 is 1.32 bits per heavy atom. The molecule has 0 radical (unpaired) electrons. The van der Waals surface area contributed by atoms with E-state index in [-0.39, 0.29) is 0 Å². The zero-order chi connectivity index (χ0) is 19.3. The first-order chi connectivity index (χ1) is 11.9. The molecule has 0 saturated carbocycles. The summed E-state index contributed by atoms with van der Waals surface area (Å²) in [6.07, 6.45) is 3.62. The zero-order valence-corrected chi connectivity index (χ0v) is 18.8. The van der Waals surface area contributed by atoms with E-state index in [1.54, 1.807) is 42.7 Å². The third kappa shape index (κ3) is 7.75. The highest BCUT2D eigenvalue weighted by Gasteiger charge is 2.38. The molecule has 0 rings (SSSR count). The molecule has 0 heterocycles. The third-order valence-corrected chi connectivity index (χ3v) is 10.0. The maximum atomic E-state index is 6.13. The second-order valence-electron chi connectivity index (χ2n) is 5.50. The van der Waals surface area contributed by atoms with Gasteiger partial charge < -0.3 is 37.2 Å². The van der Waals surface area contributed by atoms with E-state index in [2.05, 4.69) is 4.90 Å². The smallest absolute Gasteiger partial charge is 0.386 e. The second kappa shape index (κ2) is 12.8. The van der Waals surface area contributed by atoms with Crippen molar-refractivity contribution in [2.75, 3.05) is 55.7 Å². The number of allylic oxidation sites excluding steroid dienone is 1. The van der Waals surface area contributed by atoms with Crippen LogP contribution in [0, 0.1) is 0 Å². The number of hydrogen-bond acceptors (Lipinski definition) is 8. The maximum absolute atomic E-state index is 6.13. The van der Waals surface area contributed by atoms with Gasteiger partial charge in [0, 0.05) is 67.8 Å². The van der Waals surface area contributed by atoms with E-state index in [9.17, 15) is 0 Å². The lowest BCUT2D eigenvalue weighted by Gasteiger charge is -2.29. The van der Waals surface area contributed by atoms with Crippen molar-refractivity contribution < 1.29 is 26.6 Å². The first kappa shape index (κ1) is 24.5. The van der Waals surface area contributed by atoms with Crippen molar-refractivity contribution in [1.82, 2.24) is 4.90 Å². The number of rotatable bonds is 15. The molecule has 2 N–H and O–H groups in total. The Labute approximate surface area is 154 Å². The zero-order valence-electron chi connectivity index (χ0n) is 16.8. The van der Waals surface area contributed by atoms with Crippen LogP contribution in [0.15, 0.2) is 11.9 Å². The summed E-state index contributed by atoms with van der Waals surface area (Å²) < 4.78 is 32.8. The largest absolute Gasteiger partial charge is 0.500 e. The van der Waals surface area contributed by atoms with Crippen molar-refractivity contribution >= 4 is 17.6 Å². The molecule has 0 aromatic rings. The molecule has 0 aliphatic heterocycles. The summed E-state index contributed by atoms with van der Waals surface area (Å²) in [5, 5.41) is 0. The van der Waals surface area contributed by atoms with Gasteiger partial charge in [0.15, 0.2) is 0 Å². The van der Waals surface area contributed by atoms with Crippen molar-refractivity contribution in [3.8, 4) is 0 Å². The SMILES string of the molecule is CC=C(N)N(CCC[Si](OC)(OC)OC)CCC[Si](OC)(OC)OC. The van der Waals surface area contributed by atoms with E-state index in [0.29, 0.717) is 0 Å². The van der Waals surface area contributed by atoms with Crippen molar-refractivity contribution in [1.29, 1.82) is 0 Å². The summed E-state index contributed by atoms with van der Waals surface area (Å²) in [6, 6.07) is 1.47. The van der Waals surface area contributed by atoms with Crippen LogP contribution in [0.2, 0.25) is 12.1 Å². The molecule has 10 heteroatoms. The second-order valence-corrected chi connectivity index (χ2v) is 11.7. The van der Waals surface area contributed by atoms with Crippen molar-refractivity contribution in [2.45, 2.75) is 31.9 Å². The molecule has 0 bridgehead atoms. The molecule has 0 unspecified atom stereocenters. The van der Waals surface area contributed by atoms with Crippen LogP contribution < -0.4 is 5.73 Å². The molecule has 0 aliphatic carbocycles. The summed E-state index contributed by atoms with van der Waals surface area (Å²) in [4.78, 5) is 2.14. The summed E-state index contributed by atoms with van der Waals surface area (Å²) in [6.45, 7) is 3.52. The molecule has 0 spiro atoms. The van der Waals surface area contributed by atoms with Crippen LogP contribution in [0.1, 0.15) is 19.8 Å². The minimum Gasteiger partial charge on any atom is -0.386 e. The highest BCUT2D eigenvalue weighted by molar-refractivity contribution is 6.60. The van der Waals surface area contributed by atoms with Gasteiger partial charge in [-0.2, -0.15) is 0 Å². The molecule has 0 saturated heterocycles. The monoisotopic (exact) mass is 396 g/mol. The first-order valence-corrected chi connectivity index (χ1v) is 12.3. The average Bonchev–Trinajstić information content (AvgIpc) is 2.67. The van der Waals surface area contributed by atoms with Gasteiger partial charge in [-0.05, 0) is 25.8 Å². The van der Waals surface area contributed by atoms with Crippen molar-refractivity contribution in [2.24, 2.45) is 5.73 Å². The lowest BCUT2D eigenvalue weighted by atomic mass is 10.3. The normalized spacial score (nSPS) is 13.3. The fraction of sp³-hybridized carbons (Fsp3) is 0.867. The van der Waals surface area contributed by atoms with E-state index < -0.39 is 17.6 Å². The number of nitrogens with zero attached hydrogens (tertiary/aromatic N) is 1. The minimum absolute atomic E-state index is 0.733. The molecule has 25 heavy (non-hydrogen) atoms. The maximum Gasteiger partial charge on any atom is 0.500 e. The van der Waals surface area contributed by atoms with Crippen LogP contribution in [0.4, 0.5) is 0 Å². The first-order valence-electron chi connectivity index (χ1n) is 8.39. The van der Waals surface area contributed by atoms with Gasteiger partial charge in [-0.3, -0.25) is 0 Å². The Morgan fingerprint density at radius 1 is 0.760 bits per heavy atom. The van der Waals surface area contributed by atoms with Crippen LogP contribution in [-0.2, 0) is 26.6 Å². The Kier molecular flexibility index (Phi) is 12.6. The van der Waals surface area contributed by atoms with Gasteiger partial charge >= 0.3 is 17.6 Å². The summed E-state index contributed by atoms with van der Waals surface area (Å²) in [7, 11) is 4.66. The lowest BCUT2D eigenvalue weighted by Crippen LogP contribution is -2.44. The standard InChI is InChI=1S/C15H36N2O6Si2/c1-8-15(16)17(11-9-13-24(18-2,19-3)20-4)12-10-14-25(21-5,22-6)23-7/h8H,9-14,16H2,1-7H3. The van der Waals surface area contributed by atoms with E-state index in [1.165, 1.54) is 0 Å². The van der Waals surface area contributed by atoms with E-state index in [4.69, 9.17) is 32.3 Å². The van der Waals surface area contributed by atoms with Gasteiger partial charge in [0.25, 0.3) is 0 Å².